The lowest BCUT2D eigenvalue weighted by atomic mass is 9.93. The molecule has 2 aliphatic heterocycles. The molecule has 0 aromatic heterocycles. The Kier molecular flexibility index (Phi) is 4.89. The van der Waals surface area contributed by atoms with Crippen molar-refractivity contribution in [3.8, 4) is 0 Å². The van der Waals surface area contributed by atoms with Crippen molar-refractivity contribution >= 4 is 23.5 Å². The molecule has 2 aliphatic rings. The van der Waals surface area contributed by atoms with Crippen molar-refractivity contribution in [1.29, 1.82) is 0 Å². The Morgan fingerprint density at radius 1 is 1.48 bits per heavy atom. The lowest BCUT2D eigenvalue weighted by Crippen LogP contribution is -2.51. The molecule has 2 unspecified atom stereocenters. The number of hydrogen-bond acceptors (Lipinski definition) is 5. The Balaban J connectivity index is 2.03. The van der Waals surface area contributed by atoms with E-state index in [1.165, 1.54) is 7.05 Å². The highest BCUT2D eigenvalue weighted by atomic mass is 16.5. The molecule has 0 bridgehead atoms. The zero-order chi connectivity index (χ0) is 15.4. The molecule has 116 valence electrons. The predicted molar refractivity (Wildman–Crippen MR) is 72.5 cm³/mol. The minimum atomic E-state index is -1.08. The van der Waals surface area contributed by atoms with E-state index in [9.17, 15) is 19.5 Å². The maximum atomic E-state index is 12.1. The standard InChI is InChI=1S/C13H19N3O5/c1-16-10(17)5-4-9(15-16)12(18)14-11(13(19)20)8-3-2-6-21-7-8/h8,11H,2-7H2,1H3,(H,14,18)(H,19,20). The zero-order valence-corrected chi connectivity index (χ0v) is 11.9. The molecule has 0 aromatic carbocycles. The molecular formula is C13H19N3O5. The van der Waals surface area contributed by atoms with Gasteiger partial charge in [0.2, 0.25) is 5.91 Å². The third-order valence-electron chi connectivity index (χ3n) is 3.69. The maximum absolute atomic E-state index is 12.1. The molecule has 0 radical (unpaired) electrons. The lowest BCUT2D eigenvalue weighted by Gasteiger charge is -2.28. The number of rotatable bonds is 4. The van der Waals surface area contributed by atoms with Crippen molar-refractivity contribution in [3.63, 3.8) is 0 Å². The average Bonchev–Trinajstić information content (AvgIpc) is 2.48. The number of nitrogens with one attached hydrogen (secondary N) is 1. The van der Waals surface area contributed by atoms with Gasteiger partial charge in [0, 0.05) is 32.4 Å². The van der Waals surface area contributed by atoms with E-state index in [1.54, 1.807) is 0 Å². The van der Waals surface area contributed by atoms with Crippen LogP contribution in [0, 0.1) is 5.92 Å². The molecule has 2 amide bonds. The number of aliphatic carboxylic acids is 1. The van der Waals surface area contributed by atoms with Crippen molar-refractivity contribution in [2.75, 3.05) is 20.3 Å². The number of carboxylic acid groups (broad SMARTS) is 1. The Morgan fingerprint density at radius 2 is 2.24 bits per heavy atom. The van der Waals surface area contributed by atoms with Crippen LogP contribution < -0.4 is 5.32 Å². The first-order chi connectivity index (χ1) is 9.99. The first-order valence-electron chi connectivity index (χ1n) is 6.94. The van der Waals surface area contributed by atoms with Crippen molar-refractivity contribution in [2.45, 2.75) is 31.7 Å². The van der Waals surface area contributed by atoms with Crippen LogP contribution in [0.4, 0.5) is 0 Å². The van der Waals surface area contributed by atoms with Crippen molar-refractivity contribution < 1.29 is 24.2 Å². The highest BCUT2D eigenvalue weighted by Crippen LogP contribution is 2.18. The second-order valence-electron chi connectivity index (χ2n) is 5.23. The van der Waals surface area contributed by atoms with Crippen molar-refractivity contribution in [2.24, 2.45) is 11.0 Å². The van der Waals surface area contributed by atoms with E-state index >= 15 is 0 Å². The number of hydrazone groups is 1. The molecule has 21 heavy (non-hydrogen) atoms. The maximum Gasteiger partial charge on any atom is 0.326 e. The fourth-order valence-electron chi connectivity index (χ4n) is 2.47. The largest absolute Gasteiger partial charge is 0.480 e. The minimum Gasteiger partial charge on any atom is -0.480 e. The van der Waals surface area contributed by atoms with Crippen LogP contribution >= 0.6 is 0 Å². The summed E-state index contributed by atoms with van der Waals surface area (Å²) in [4.78, 5) is 34.8. The molecule has 1 saturated heterocycles. The lowest BCUT2D eigenvalue weighted by molar-refractivity contribution is -0.144. The number of amides is 2. The van der Waals surface area contributed by atoms with Gasteiger partial charge in [-0.25, -0.2) is 9.80 Å². The summed E-state index contributed by atoms with van der Waals surface area (Å²) in [5.41, 5.74) is 0.181. The average molecular weight is 297 g/mol. The first-order valence-corrected chi connectivity index (χ1v) is 6.94. The number of hydrogen-bond donors (Lipinski definition) is 2. The predicted octanol–water partition coefficient (Wildman–Crippen LogP) is -0.409. The summed E-state index contributed by atoms with van der Waals surface area (Å²) in [6.07, 6.45) is 1.90. The summed E-state index contributed by atoms with van der Waals surface area (Å²) in [5.74, 6) is -2.03. The summed E-state index contributed by atoms with van der Waals surface area (Å²) in [6, 6.07) is -0.997. The van der Waals surface area contributed by atoms with Gasteiger partial charge in [-0.05, 0) is 12.8 Å². The number of ether oxygens (including phenoxy) is 1. The van der Waals surface area contributed by atoms with Crippen LogP contribution in [0.25, 0.3) is 0 Å². The molecule has 2 atom stereocenters. The smallest absolute Gasteiger partial charge is 0.326 e. The summed E-state index contributed by atoms with van der Waals surface area (Å²) in [5, 5.41) is 16.8. The summed E-state index contributed by atoms with van der Waals surface area (Å²) < 4.78 is 5.27. The summed E-state index contributed by atoms with van der Waals surface area (Å²) >= 11 is 0. The van der Waals surface area contributed by atoms with Crippen LogP contribution in [-0.2, 0) is 19.1 Å². The zero-order valence-electron chi connectivity index (χ0n) is 11.9. The van der Waals surface area contributed by atoms with E-state index in [0.717, 1.165) is 11.4 Å². The molecule has 1 fully saturated rings. The molecule has 2 heterocycles. The van der Waals surface area contributed by atoms with Gasteiger partial charge < -0.3 is 15.2 Å². The Hall–Kier alpha value is -1.96. The first kappa shape index (κ1) is 15.4. The highest BCUT2D eigenvalue weighted by Gasteiger charge is 2.33. The third kappa shape index (κ3) is 3.78. The van der Waals surface area contributed by atoms with E-state index in [0.29, 0.717) is 19.6 Å². The number of carbonyl (C=O) groups is 3. The van der Waals surface area contributed by atoms with Crippen LogP contribution in [-0.4, -0.2) is 59.9 Å². The molecule has 0 saturated carbocycles. The topological polar surface area (TPSA) is 108 Å². The highest BCUT2D eigenvalue weighted by molar-refractivity contribution is 6.39. The van der Waals surface area contributed by atoms with E-state index in [-0.39, 0.29) is 30.4 Å². The van der Waals surface area contributed by atoms with E-state index in [4.69, 9.17) is 4.74 Å². The Morgan fingerprint density at radius 3 is 2.81 bits per heavy atom. The SMILES string of the molecule is CN1N=C(C(=O)NC(C(=O)O)C2CCCOC2)CCC1=O. The molecule has 2 N–H and O–H groups in total. The minimum absolute atomic E-state index is 0.165. The second-order valence-corrected chi connectivity index (χ2v) is 5.23. The molecule has 0 aliphatic carbocycles. The van der Waals surface area contributed by atoms with Crippen LogP contribution in [0.5, 0.6) is 0 Å². The molecule has 0 aromatic rings. The van der Waals surface area contributed by atoms with Crippen molar-refractivity contribution in [3.05, 3.63) is 0 Å². The van der Waals surface area contributed by atoms with Gasteiger partial charge in [-0.1, -0.05) is 0 Å². The van der Waals surface area contributed by atoms with Crippen LogP contribution in [0.1, 0.15) is 25.7 Å². The van der Waals surface area contributed by atoms with Gasteiger partial charge in [-0.15, -0.1) is 0 Å². The van der Waals surface area contributed by atoms with E-state index < -0.39 is 17.9 Å². The fourth-order valence-corrected chi connectivity index (χ4v) is 2.47. The van der Waals surface area contributed by atoms with Crippen LogP contribution in [0.15, 0.2) is 5.10 Å². The monoisotopic (exact) mass is 297 g/mol. The molecular weight excluding hydrogens is 278 g/mol. The van der Waals surface area contributed by atoms with Crippen molar-refractivity contribution in [1.82, 2.24) is 10.3 Å². The number of carbonyl (C=O) groups excluding carboxylic acids is 2. The van der Waals surface area contributed by atoms with Gasteiger partial charge in [0.05, 0.1) is 6.61 Å². The van der Waals surface area contributed by atoms with E-state index in [2.05, 4.69) is 10.4 Å². The van der Waals surface area contributed by atoms with Gasteiger partial charge in [-0.2, -0.15) is 5.10 Å². The number of carboxylic acids is 1. The van der Waals surface area contributed by atoms with Gasteiger partial charge >= 0.3 is 5.97 Å². The third-order valence-corrected chi connectivity index (χ3v) is 3.69. The molecule has 0 spiro atoms. The van der Waals surface area contributed by atoms with Gasteiger partial charge in [-0.3, -0.25) is 9.59 Å². The summed E-state index contributed by atoms with van der Waals surface area (Å²) in [6.45, 7) is 0.943. The Labute approximate surface area is 122 Å². The van der Waals surface area contributed by atoms with Crippen LogP contribution in [0.2, 0.25) is 0 Å². The normalized spacial score (nSPS) is 24.2. The van der Waals surface area contributed by atoms with E-state index in [1.807, 2.05) is 0 Å². The second kappa shape index (κ2) is 6.66. The number of nitrogens with zero attached hydrogens (tertiary/aromatic N) is 2. The quantitative estimate of drug-likeness (QED) is 0.733. The van der Waals surface area contributed by atoms with Gasteiger partial charge in [0.1, 0.15) is 11.8 Å². The summed E-state index contributed by atoms with van der Waals surface area (Å²) in [7, 11) is 1.47. The van der Waals surface area contributed by atoms with Gasteiger partial charge in [0.15, 0.2) is 0 Å². The molecule has 8 nitrogen and oxygen atoms in total. The fraction of sp³-hybridized carbons (Fsp3) is 0.692. The molecule has 8 heteroatoms. The Bertz CT molecular complexity index is 470. The molecule has 2 rings (SSSR count). The van der Waals surface area contributed by atoms with Crippen LogP contribution in [0.3, 0.4) is 0 Å². The van der Waals surface area contributed by atoms with Gasteiger partial charge in [0.25, 0.3) is 5.91 Å².